The van der Waals surface area contributed by atoms with Gasteiger partial charge in [0.25, 0.3) is 0 Å². The molecule has 29 heavy (non-hydrogen) atoms. The van der Waals surface area contributed by atoms with Crippen LogP contribution in [0.1, 0.15) is 17.9 Å². The van der Waals surface area contributed by atoms with Crippen molar-refractivity contribution in [1.82, 2.24) is 14.5 Å². The van der Waals surface area contributed by atoms with Gasteiger partial charge in [0.1, 0.15) is 5.82 Å². The van der Waals surface area contributed by atoms with E-state index in [1.54, 1.807) is 37.4 Å². The van der Waals surface area contributed by atoms with Gasteiger partial charge in [-0.1, -0.05) is 54.6 Å². The molecule has 146 valence electrons. The van der Waals surface area contributed by atoms with Gasteiger partial charge in [-0.3, -0.25) is 9.36 Å². The van der Waals surface area contributed by atoms with Crippen LogP contribution in [0, 0.1) is 0 Å². The fraction of sp³-hybridized carbons (Fsp3) is 0.130. The van der Waals surface area contributed by atoms with Crippen LogP contribution in [0.3, 0.4) is 0 Å². The Hall–Kier alpha value is -3.54. The van der Waals surface area contributed by atoms with Gasteiger partial charge >= 0.3 is 6.55 Å². The van der Waals surface area contributed by atoms with Gasteiger partial charge in [0.2, 0.25) is 5.91 Å². The van der Waals surface area contributed by atoms with E-state index >= 15 is 0 Å². The van der Waals surface area contributed by atoms with Crippen molar-refractivity contribution < 1.29 is 13.6 Å². The maximum absolute atomic E-state index is 13.6. The first-order valence-corrected chi connectivity index (χ1v) is 9.19. The zero-order valence-electron chi connectivity index (χ0n) is 15.8. The molecule has 0 saturated heterocycles. The second-order valence-corrected chi connectivity index (χ2v) is 6.76. The van der Waals surface area contributed by atoms with Crippen LogP contribution >= 0.6 is 0 Å². The summed E-state index contributed by atoms with van der Waals surface area (Å²) in [7, 11) is 1.57. The molecule has 0 unspecified atom stereocenters. The zero-order chi connectivity index (χ0) is 20.4. The average molecular weight is 391 g/mol. The molecule has 3 aromatic carbocycles. The number of para-hydroxylation sites is 2. The molecule has 0 atom stereocenters. The van der Waals surface area contributed by atoms with Gasteiger partial charge in [0.15, 0.2) is 0 Å². The van der Waals surface area contributed by atoms with Gasteiger partial charge in [-0.05, 0) is 34.5 Å². The summed E-state index contributed by atoms with van der Waals surface area (Å²) >= 11 is 0. The third-order valence-corrected chi connectivity index (χ3v) is 4.85. The van der Waals surface area contributed by atoms with E-state index in [4.69, 9.17) is 0 Å². The van der Waals surface area contributed by atoms with Crippen LogP contribution in [0.15, 0.2) is 72.8 Å². The highest BCUT2D eigenvalue weighted by atomic mass is 19.3. The number of likely N-dealkylation sites (N-methyl/N-ethyl adjacent to an activating group) is 1. The molecule has 0 aliphatic rings. The fourth-order valence-corrected chi connectivity index (χ4v) is 3.40. The van der Waals surface area contributed by atoms with Crippen LogP contribution in [0.5, 0.6) is 0 Å². The van der Waals surface area contributed by atoms with E-state index in [1.165, 1.54) is 11.0 Å². The van der Waals surface area contributed by atoms with Crippen LogP contribution in [-0.4, -0.2) is 27.4 Å². The lowest BCUT2D eigenvalue weighted by Gasteiger charge is -2.16. The van der Waals surface area contributed by atoms with Crippen molar-refractivity contribution in [3.63, 3.8) is 0 Å². The lowest BCUT2D eigenvalue weighted by molar-refractivity contribution is -0.125. The molecule has 1 aromatic heterocycles. The molecular weight excluding hydrogens is 372 g/mol. The highest BCUT2D eigenvalue weighted by Gasteiger charge is 2.19. The zero-order valence-corrected chi connectivity index (χ0v) is 15.8. The van der Waals surface area contributed by atoms with Crippen molar-refractivity contribution in [2.24, 2.45) is 0 Å². The number of hydrogen-bond acceptors (Lipinski definition) is 2. The Morgan fingerprint density at radius 3 is 2.62 bits per heavy atom. The monoisotopic (exact) mass is 391 g/mol. The lowest BCUT2D eigenvalue weighted by atomic mass is 10.0. The van der Waals surface area contributed by atoms with E-state index in [-0.39, 0.29) is 18.3 Å². The number of alkyl halides is 2. The van der Waals surface area contributed by atoms with Crippen LogP contribution in [-0.2, 0) is 11.3 Å². The van der Waals surface area contributed by atoms with Gasteiger partial charge < -0.3 is 4.90 Å². The molecule has 0 N–H and O–H groups in total. The third kappa shape index (κ3) is 3.74. The van der Waals surface area contributed by atoms with Crippen LogP contribution in [0.2, 0.25) is 0 Å². The second-order valence-electron chi connectivity index (χ2n) is 6.76. The van der Waals surface area contributed by atoms with Crippen molar-refractivity contribution in [1.29, 1.82) is 0 Å². The molecule has 1 amide bonds. The fourth-order valence-electron chi connectivity index (χ4n) is 3.40. The quantitative estimate of drug-likeness (QED) is 0.436. The smallest absolute Gasteiger partial charge is 0.320 e. The molecular formula is C23H19F2N3O. The summed E-state index contributed by atoms with van der Waals surface area (Å²) < 4.78 is 28.0. The molecule has 0 spiro atoms. The number of aromatic nitrogens is 2. The molecule has 0 radical (unpaired) electrons. The number of fused-ring (bicyclic) bond motifs is 2. The van der Waals surface area contributed by atoms with Crippen molar-refractivity contribution >= 4 is 33.8 Å². The predicted octanol–water partition coefficient (Wildman–Crippen LogP) is 5.26. The summed E-state index contributed by atoms with van der Waals surface area (Å²) in [4.78, 5) is 18.2. The summed E-state index contributed by atoms with van der Waals surface area (Å²) in [6.07, 6.45) is 3.20. The molecule has 0 aliphatic heterocycles. The van der Waals surface area contributed by atoms with Gasteiger partial charge in [-0.25, -0.2) is 4.98 Å². The van der Waals surface area contributed by atoms with Crippen molar-refractivity contribution in [3.8, 4) is 0 Å². The second kappa shape index (κ2) is 7.83. The van der Waals surface area contributed by atoms with E-state index in [0.29, 0.717) is 11.0 Å². The molecule has 0 saturated carbocycles. The van der Waals surface area contributed by atoms with Gasteiger partial charge in [0, 0.05) is 13.1 Å². The highest BCUT2D eigenvalue weighted by molar-refractivity contribution is 5.96. The third-order valence-electron chi connectivity index (χ3n) is 4.85. The standard InChI is InChI=1S/C23H19F2N3O/c1-27(15-21-26-19-11-4-5-12-20(19)28(21)23(24)25)22(29)14-13-17-9-6-8-16-7-2-3-10-18(16)17/h2-14,23H,15H2,1H3/b14-13+. The van der Waals surface area contributed by atoms with E-state index < -0.39 is 6.55 Å². The Balaban J connectivity index is 1.57. The van der Waals surface area contributed by atoms with E-state index in [9.17, 15) is 13.6 Å². The normalized spacial score (nSPS) is 11.7. The lowest BCUT2D eigenvalue weighted by Crippen LogP contribution is -2.26. The molecule has 4 nitrogen and oxygen atoms in total. The number of halogens is 2. The number of amides is 1. The van der Waals surface area contributed by atoms with Crippen LogP contribution in [0.4, 0.5) is 8.78 Å². The van der Waals surface area contributed by atoms with Crippen molar-refractivity contribution in [2.45, 2.75) is 13.1 Å². The SMILES string of the molecule is CN(Cc1nc2ccccc2n1C(F)F)C(=O)/C=C/c1cccc2ccccc12. The van der Waals surface area contributed by atoms with Crippen LogP contribution < -0.4 is 0 Å². The number of rotatable bonds is 5. The molecule has 0 fully saturated rings. The largest absolute Gasteiger partial charge is 0.335 e. The first-order chi connectivity index (χ1) is 14.0. The minimum atomic E-state index is -2.73. The molecule has 0 aliphatic carbocycles. The Bertz CT molecular complexity index is 1210. The Morgan fingerprint density at radius 2 is 1.79 bits per heavy atom. The van der Waals surface area contributed by atoms with E-state index in [0.717, 1.165) is 20.9 Å². The predicted molar refractivity (Wildman–Crippen MR) is 110 cm³/mol. The first kappa shape index (κ1) is 18.8. The number of nitrogens with zero attached hydrogens (tertiary/aromatic N) is 3. The minimum absolute atomic E-state index is 0.0161. The number of hydrogen-bond donors (Lipinski definition) is 0. The molecule has 1 heterocycles. The molecule has 4 aromatic rings. The van der Waals surface area contributed by atoms with E-state index in [1.807, 2.05) is 42.5 Å². The maximum atomic E-state index is 13.6. The van der Waals surface area contributed by atoms with Gasteiger partial charge in [-0.2, -0.15) is 8.78 Å². The summed E-state index contributed by atoms with van der Waals surface area (Å²) in [6, 6.07) is 20.5. The van der Waals surface area contributed by atoms with Gasteiger partial charge in [-0.15, -0.1) is 0 Å². The molecule has 0 bridgehead atoms. The Labute approximate surface area is 166 Å². The molecule has 6 heteroatoms. The number of imidazole rings is 1. The van der Waals surface area contributed by atoms with Crippen molar-refractivity contribution in [2.75, 3.05) is 7.05 Å². The summed E-state index contributed by atoms with van der Waals surface area (Å²) in [5, 5.41) is 2.13. The van der Waals surface area contributed by atoms with Crippen molar-refractivity contribution in [3.05, 3.63) is 84.2 Å². The molecule has 4 rings (SSSR count). The summed E-state index contributed by atoms with van der Waals surface area (Å²) in [5.74, 6) is -0.138. The van der Waals surface area contributed by atoms with E-state index in [2.05, 4.69) is 4.98 Å². The van der Waals surface area contributed by atoms with Crippen LogP contribution in [0.25, 0.3) is 27.9 Å². The minimum Gasteiger partial charge on any atom is -0.335 e. The summed E-state index contributed by atoms with van der Waals surface area (Å²) in [5.41, 5.74) is 1.75. The number of benzene rings is 3. The highest BCUT2D eigenvalue weighted by Crippen LogP contribution is 2.24. The Kier molecular flexibility index (Phi) is 5.08. The number of carbonyl (C=O) groups excluding carboxylic acids is 1. The topological polar surface area (TPSA) is 38.1 Å². The maximum Gasteiger partial charge on any atom is 0.320 e. The first-order valence-electron chi connectivity index (χ1n) is 9.19. The summed E-state index contributed by atoms with van der Waals surface area (Å²) in [6.45, 7) is -2.75. The van der Waals surface area contributed by atoms with Gasteiger partial charge in [0.05, 0.1) is 17.6 Å². The number of carbonyl (C=O) groups is 1. The average Bonchev–Trinajstić information content (AvgIpc) is 3.09. The Morgan fingerprint density at radius 1 is 1.07 bits per heavy atom.